The minimum Gasteiger partial charge on any atom is -0.478 e. The van der Waals surface area contributed by atoms with E-state index in [4.69, 9.17) is 0 Å². The Bertz CT molecular complexity index is 57.5. The van der Waals surface area contributed by atoms with Gasteiger partial charge in [-0.3, -0.25) is 0 Å². The molecule has 0 spiro atoms. The molecule has 2 nitrogen and oxygen atoms in total. The molecule has 0 amide bonds. The van der Waals surface area contributed by atoms with Crippen molar-refractivity contribution in [3.8, 4) is 0 Å². The zero-order valence-corrected chi connectivity index (χ0v) is 5.19. The van der Waals surface area contributed by atoms with Crippen molar-refractivity contribution in [1.29, 1.82) is 0 Å². The molecule has 1 fully saturated rings. The smallest absolute Gasteiger partial charge is 0.0671 e. The van der Waals surface area contributed by atoms with E-state index in [0.717, 1.165) is 12.6 Å². The van der Waals surface area contributed by atoms with Crippen LogP contribution in [0.15, 0.2) is 0 Å². The third kappa shape index (κ3) is 1.46. The summed E-state index contributed by atoms with van der Waals surface area (Å²) in [5.41, 5.74) is 0. The first-order valence-electron chi connectivity index (χ1n) is 3.28. The number of rotatable bonds is 2. The highest BCUT2D eigenvalue weighted by Crippen LogP contribution is 2.01. The minimum atomic E-state index is 0.743. The molecule has 0 bridgehead atoms. The van der Waals surface area contributed by atoms with Gasteiger partial charge in [-0.15, -0.1) is 0 Å². The highest BCUT2D eigenvalue weighted by atomic mass is 15.0. The van der Waals surface area contributed by atoms with Crippen molar-refractivity contribution in [2.45, 2.75) is 18.9 Å². The largest absolute Gasteiger partial charge is 0.478 e. The summed E-state index contributed by atoms with van der Waals surface area (Å²) in [5, 5.41) is 5.38. The number of nitrogens with one attached hydrogen (secondary N) is 1. The molecule has 1 aliphatic rings. The van der Waals surface area contributed by atoms with Crippen molar-refractivity contribution in [3.63, 3.8) is 0 Å². The van der Waals surface area contributed by atoms with Gasteiger partial charge in [-0.25, -0.2) is 0 Å². The molecule has 1 atom stereocenters. The fourth-order valence-corrected chi connectivity index (χ4v) is 1.16. The van der Waals surface area contributed by atoms with Crippen molar-refractivity contribution in [3.05, 3.63) is 7.05 Å². The summed E-state index contributed by atoms with van der Waals surface area (Å²) in [5.74, 6) is 0. The van der Waals surface area contributed by atoms with Crippen LogP contribution in [-0.2, 0) is 0 Å². The highest BCUT2D eigenvalue weighted by Gasteiger charge is 2.12. The fourth-order valence-electron chi connectivity index (χ4n) is 1.16. The maximum atomic E-state index is 3.68. The van der Waals surface area contributed by atoms with Gasteiger partial charge >= 0.3 is 0 Å². The van der Waals surface area contributed by atoms with Crippen LogP contribution < -0.4 is 10.6 Å². The molecule has 0 aliphatic carbocycles. The Hall–Kier alpha value is -0.0800. The van der Waals surface area contributed by atoms with E-state index >= 15 is 0 Å². The predicted octanol–water partition coefficient (Wildman–Crippen LogP) is -0.907. The monoisotopic (exact) mass is 114 g/mol. The first kappa shape index (κ1) is 6.05. The summed E-state index contributed by atoms with van der Waals surface area (Å²) in [6, 6.07) is 0.743. The summed E-state index contributed by atoms with van der Waals surface area (Å²) in [4.78, 5) is 0. The number of nitrogens with two attached hydrogens (primary N) is 1. The molecule has 0 aromatic heterocycles. The Labute approximate surface area is 50.7 Å². The van der Waals surface area contributed by atoms with Gasteiger partial charge in [0.1, 0.15) is 0 Å². The molecular formula is C6H14N2. The van der Waals surface area contributed by atoms with Crippen molar-refractivity contribution in [2.75, 3.05) is 13.1 Å². The lowest BCUT2D eigenvalue weighted by atomic mass is 10.2. The second-order valence-electron chi connectivity index (χ2n) is 2.32. The van der Waals surface area contributed by atoms with E-state index in [1.165, 1.54) is 19.4 Å². The van der Waals surface area contributed by atoms with E-state index in [0.29, 0.717) is 0 Å². The maximum Gasteiger partial charge on any atom is 0.0671 e. The van der Waals surface area contributed by atoms with E-state index in [2.05, 4.69) is 12.4 Å². The summed E-state index contributed by atoms with van der Waals surface area (Å²) in [7, 11) is 3.68. The molecule has 48 valence electrons. The lowest BCUT2D eigenvalue weighted by Gasteiger charge is -2.07. The normalized spacial score (nSPS) is 28.9. The Balaban J connectivity index is 2.06. The van der Waals surface area contributed by atoms with Gasteiger partial charge in [0.25, 0.3) is 0 Å². The summed E-state index contributed by atoms with van der Waals surface area (Å²) in [6.07, 6.45) is 2.69. The molecule has 1 saturated heterocycles. The number of hydrogen-bond donors (Lipinski definition) is 2. The van der Waals surface area contributed by atoms with Gasteiger partial charge in [0.05, 0.1) is 12.6 Å². The SMILES string of the molecule is [CH2-][NH2+]CC1CCCN1. The van der Waals surface area contributed by atoms with Crippen molar-refractivity contribution in [2.24, 2.45) is 0 Å². The Morgan fingerprint density at radius 2 is 2.62 bits per heavy atom. The van der Waals surface area contributed by atoms with Crippen LogP contribution in [0.25, 0.3) is 0 Å². The van der Waals surface area contributed by atoms with Crippen LogP contribution in [0.3, 0.4) is 0 Å². The molecule has 1 rings (SSSR count). The Morgan fingerprint density at radius 1 is 1.75 bits per heavy atom. The van der Waals surface area contributed by atoms with Gasteiger partial charge in [0, 0.05) is 0 Å². The van der Waals surface area contributed by atoms with Crippen LogP contribution in [-0.4, -0.2) is 19.1 Å². The van der Waals surface area contributed by atoms with Crippen molar-refractivity contribution in [1.82, 2.24) is 5.32 Å². The highest BCUT2D eigenvalue weighted by molar-refractivity contribution is 4.71. The van der Waals surface area contributed by atoms with Crippen LogP contribution in [0.1, 0.15) is 12.8 Å². The first-order chi connectivity index (χ1) is 3.93. The van der Waals surface area contributed by atoms with E-state index in [1.807, 2.05) is 5.32 Å². The zero-order valence-electron chi connectivity index (χ0n) is 5.19. The van der Waals surface area contributed by atoms with Gasteiger partial charge in [-0.2, -0.15) is 7.05 Å². The molecule has 1 unspecified atom stereocenters. The predicted molar refractivity (Wildman–Crippen MR) is 33.2 cm³/mol. The quantitative estimate of drug-likeness (QED) is 0.447. The summed E-state index contributed by atoms with van der Waals surface area (Å²) >= 11 is 0. The molecule has 0 saturated carbocycles. The third-order valence-electron chi connectivity index (χ3n) is 1.61. The second-order valence-corrected chi connectivity index (χ2v) is 2.32. The van der Waals surface area contributed by atoms with Gasteiger partial charge in [-0.05, 0) is 19.4 Å². The van der Waals surface area contributed by atoms with Crippen molar-refractivity contribution < 1.29 is 5.32 Å². The molecule has 0 radical (unpaired) electrons. The molecule has 1 heterocycles. The van der Waals surface area contributed by atoms with Gasteiger partial charge in [0.2, 0.25) is 0 Å². The lowest BCUT2D eigenvalue weighted by Crippen LogP contribution is -2.80. The standard InChI is InChI=1S/C6H14N2/c1-7-5-6-3-2-4-8-6/h6,8H,1-5,7H2. The van der Waals surface area contributed by atoms with Gasteiger partial charge in [0.15, 0.2) is 0 Å². The fraction of sp³-hybridized carbons (Fsp3) is 0.833. The van der Waals surface area contributed by atoms with Crippen molar-refractivity contribution >= 4 is 0 Å². The van der Waals surface area contributed by atoms with Crippen LogP contribution in [0.5, 0.6) is 0 Å². The lowest BCUT2D eigenvalue weighted by molar-refractivity contribution is -0.597. The topological polar surface area (TPSA) is 28.6 Å². The summed E-state index contributed by atoms with van der Waals surface area (Å²) < 4.78 is 0. The molecular weight excluding hydrogens is 100 g/mol. The second kappa shape index (κ2) is 3.05. The van der Waals surface area contributed by atoms with Gasteiger partial charge < -0.3 is 10.6 Å². The molecule has 0 aromatic rings. The molecule has 2 heteroatoms. The average Bonchev–Trinajstić information content (AvgIpc) is 2.19. The first-order valence-corrected chi connectivity index (χ1v) is 3.28. The van der Waals surface area contributed by atoms with E-state index in [9.17, 15) is 0 Å². The molecule has 8 heavy (non-hydrogen) atoms. The molecule has 0 aromatic carbocycles. The van der Waals surface area contributed by atoms with Crippen LogP contribution in [0, 0.1) is 7.05 Å². The Morgan fingerprint density at radius 3 is 3.12 bits per heavy atom. The average molecular weight is 114 g/mol. The molecule has 1 aliphatic heterocycles. The van der Waals surface area contributed by atoms with Gasteiger partial charge in [-0.1, -0.05) is 0 Å². The minimum absolute atomic E-state index is 0.743. The van der Waals surface area contributed by atoms with E-state index in [-0.39, 0.29) is 0 Å². The molecule has 3 N–H and O–H groups in total. The van der Waals surface area contributed by atoms with E-state index < -0.39 is 0 Å². The van der Waals surface area contributed by atoms with Crippen LogP contribution >= 0.6 is 0 Å². The summed E-state index contributed by atoms with van der Waals surface area (Å²) in [6.45, 7) is 2.35. The number of quaternary nitrogens is 1. The Kier molecular flexibility index (Phi) is 2.30. The zero-order chi connectivity index (χ0) is 5.82. The van der Waals surface area contributed by atoms with Crippen LogP contribution in [0.2, 0.25) is 0 Å². The van der Waals surface area contributed by atoms with Crippen LogP contribution in [0.4, 0.5) is 0 Å². The third-order valence-corrected chi connectivity index (χ3v) is 1.61. The van der Waals surface area contributed by atoms with E-state index in [1.54, 1.807) is 0 Å². The maximum absolute atomic E-state index is 3.68. The number of hydrogen-bond acceptors (Lipinski definition) is 1.